The number of rotatable bonds is 5. The molecule has 1 unspecified atom stereocenters. The van der Waals surface area contributed by atoms with Gasteiger partial charge in [0, 0.05) is 28.7 Å². The van der Waals surface area contributed by atoms with Gasteiger partial charge in [-0.3, -0.25) is 19.4 Å². The monoisotopic (exact) mass is 456 g/mol. The summed E-state index contributed by atoms with van der Waals surface area (Å²) in [5.41, 5.74) is -0.153. The minimum atomic E-state index is -1.83. The third kappa shape index (κ3) is 3.89. The van der Waals surface area contributed by atoms with E-state index in [4.69, 9.17) is 0 Å². The summed E-state index contributed by atoms with van der Waals surface area (Å²) in [5, 5.41) is 11.4. The summed E-state index contributed by atoms with van der Waals surface area (Å²) in [7, 11) is 0. The van der Waals surface area contributed by atoms with E-state index in [0.29, 0.717) is 29.4 Å². The van der Waals surface area contributed by atoms with Gasteiger partial charge < -0.3 is 5.11 Å². The minimum Gasteiger partial charge on any atom is -0.375 e. The standard InChI is InChI=1S/C23H25BrN2O3/c1-16-9-11-25(12-10-16)15-26-20-8-3-2-7-19(20)23(29,22(26)28)14-21(27)17-5-4-6-18(24)13-17/h2-8,13,16,29H,9-12,14-15H2,1H3. The van der Waals surface area contributed by atoms with E-state index in [1.54, 1.807) is 35.2 Å². The highest BCUT2D eigenvalue weighted by Gasteiger charge is 2.51. The SMILES string of the molecule is CC1CCN(CN2C(=O)C(O)(CC(=O)c3cccc(Br)c3)c3ccccc32)CC1. The van der Waals surface area contributed by atoms with E-state index in [0.717, 1.165) is 30.4 Å². The Balaban J connectivity index is 1.60. The number of likely N-dealkylation sites (tertiary alicyclic amines) is 1. The number of fused-ring (bicyclic) bond motifs is 1. The number of carbonyl (C=O) groups is 2. The molecule has 152 valence electrons. The van der Waals surface area contributed by atoms with Crippen LogP contribution < -0.4 is 4.90 Å². The van der Waals surface area contributed by atoms with Gasteiger partial charge in [0.1, 0.15) is 0 Å². The molecular weight excluding hydrogens is 432 g/mol. The summed E-state index contributed by atoms with van der Waals surface area (Å²) in [5.74, 6) is 0.0267. The molecule has 0 spiro atoms. The fourth-order valence-corrected chi connectivity index (χ4v) is 4.62. The molecule has 0 bridgehead atoms. The Bertz CT molecular complexity index is 939. The second-order valence-corrected chi connectivity index (χ2v) is 9.08. The van der Waals surface area contributed by atoms with E-state index in [9.17, 15) is 14.7 Å². The lowest BCUT2D eigenvalue weighted by Gasteiger charge is -2.34. The van der Waals surface area contributed by atoms with Crippen LogP contribution in [0.4, 0.5) is 5.69 Å². The maximum Gasteiger partial charge on any atom is 0.265 e. The van der Waals surface area contributed by atoms with Gasteiger partial charge in [-0.05, 0) is 37.0 Å². The van der Waals surface area contributed by atoms with Crippen molar-refractivity contribution in [3.8, 4) is 0 Å². The van der Waals surface area contributed by atoms with E-state index >= 15 is 0 Å². The van der Waals surface area contributed by atoms with E-state index in [1.165, 1.54) is 0 Å². The maximum atomic E-state index is 13.3. The molecule has 0 radical (unpaired) electrons. The quantitative estimate of drug-likeness (QED) is 0.691. The molecule has 29 heavy (non-hydrogen) atoms. The molecule has 1 fully saturated rings. The number of Topliss-reactive ketones (excluding diaryl/α,β-unsaturated/α-hetero) is 1. The number of hydrogen-bond donors (Lipinski definition) is 1. The zero-order chi connectivity index (χ0) is 20.6. The molecule has 1 saturated heterocycles. The highest BCUT2D eigenvalue weighted by molar-refractivity contribution is 9.10. The van der Waals surface area contributed by atoms with Crippen molar-refractivity contribution >= 4 is 33.3 Å². The van der Waals surface area contributed by atoms with Gasteiger partial charge >= 0.3 is 0 Å². The van der Waals surface area contributed by atoms with Crippen LogP contribution >= 0.6 is 15.9 Å². The molecule has 2 heterocycles. The summed E-state index contributed by atoms with van der Waals surface area (Å²) in [6.45, 7) is 4.56. The number of benzene rings is 2. The van der Waals surface area contributed by atoms with E-state index in [-0.39, 0.29) is 12.2 Å². The third-order valence-electron chi connectivity index (χ3n) is 6.02. The van der Waals surface area contributed by atoms with Crippen molar-refractivity contribution in [2.24, 2.45) is 5.92 Å². The second kappa shape index (κ2) is 8.01. The molecule has 4 rings (SSSR count). The zero-order valence-corrected chi connectivity index (χ0v) is 18.1. The van der Waals surface area contributed by atoms with Crippen LogP contribution in [-0.4, -0.2) is 41.5 Å². The lowest BCUT2D eigenvalue weighted by molar-refractivity contribution is -0.136. The summed E-state index contributed by atoms with van der Waals surface area (Å²) in [6.07, 6.45) is 1.94. The number of piperidine rings is 1. The van der Waals surface area contributed by atoms with Gasteiger partial charge in [0.05, 0.1) is 18.8 Å². The van der Waals surface area contributed by atoms with Crippen molar-refractivity contribution in [1.82, 2.24) is 4.90 Å². The first-order valence-corrected chi connectivity index (χ1v) is 10.8. The van der Waals surface area contributed by atoms with Crippen LogP contribution in [0, 0.1) is 5.92 Å². The minimum absolute atomic E-state index is 0.259. The van der Waals surface area contributed by atoms with Gasteiger partial charge in [-0.25, -0.2) is 0 Å². The first-order chi connectivity index (χ1) is 13.9. The van der Waals surface area contributed by atoms with Crippen LogP contribution in [0.25, 0.3) is 0 Å². The molecule has 2 aromatic carbocycles. The number of amides is 1. The fraction of sp³-hybridized carbons (Fsp3) is 0.391. The summed E-state index contributed by atoms with van der Waals surface area (Å²) >= 11 is 3.37. The van der Waals surface area contributed by atoms with Gasteiger partial charge in [0.15, 0.2) is 11.4 Å². The first-order valence-electron chi connectivity index (χ1n) is 10.0. The number of hydrogen-bond acceptors (Lipinski definition) is 4. The molecule has 0 saturated carbocycles. The fourth-order valence-electron chi connectivity index (χ4n) is 4.22. The second-order valence-electron chi connectivity index (χ2n) is 8.16. The summed E-state index contributed by atoms with van der Waals surface area (Å²) in [6, 6.07) is 14.3. The summed E-state index contributed by atoms with van der Waals surface area (Å²) < 4.78 is 0.787. The Hall–Kier alpha value is -2.02. The topological polar surface area (TPSA) is 60.9 Å². The van der Waals surface area contributed by atoms with Crippen LogP contribution in [0.1, 0.15) is 42.1 Å². The largest absolute Gasteiger partial charge is 0.375 e. The third-order valence-corrected chi connectivity index (χ3v) is 6.51. The molecule has 0 aliphatic carbocycles. The molecule has 2 aliphatic heterocycles. The van der Waals surface area contributed by atoms with Crippen molar-refractivity contribution < 1.29 is 14.7 Å². The Morgan fingerprint density at radius 3 is 2.62 bits per heavy atom. The van der Waals surface area contributed by atoms with Crippen LogP contribution in [0.2, 0.25) is 0 Å². The number of halogens is 1. The molecule has 1 N–H and O–H groups in total. The molecule has 1 amide bonds. The number of anilines is 1. The lowest BCUT2D eigenvalue weighted by Crippen LogP contribution is -2.48. The molecular formula is C23H25BrN2O3. The van der Waals surface area contributed by atoms with Crippen molar-refractivity contribution in [2.75, 3.05) is 24.7 Å². The van der Waals surface area contributed by atoms with Crippen LogP contribution in [0.15, 0.2) is 53.0 Å². The number of carbonyl (C=O) groups excluding carboxylic acids is 2. The Morgan fingerprint density at radius 2 is 1.90 bits per heavy atom. The Labute approximate surface area is 179 Å². The number of nitrogens with zero attached hydrogens (tertiary/aromatic N) is 2. The molecule has 0 aromatic heterocycles. The average Bonchev–Trinajstić information content (AvgIpc) is 2.92. The van der Waals surface area contributed by atoms with Crippen molar-refractivity contribution in [3.63, 3.8) is 0 Å². The molecule has 2 aliphatic rings. The predicted molar refractivity (Wildman–Crippen MR) is 116 cm³/mol. The highest BCUT2D eigenvalue weighted by Crippen LogP contribution is 2.43. The average molecular weight is 457 g/mol. The van der Waals surface area contributed by atoms with E-state index < -0.39 is 11.5 Å². The predicted octanol–water partition coefficient (Wildman–Crippen LogP) is 3.95. The summed E-state index contributed by atoms with van der Waals surface area (Å²) in [4.78, 5) is 30.1. The normalized spacial score (nSPS) is 22.7. The zero-order valence-electron chi connectivity index (χ0n) is 16.5. The first kappa shape index (κ1) is 20.3. The van der Waals surface area contributed by atoms with Gasteiger partial charge in [-0.1, -0.05) is 53.2 Å². The van der Waals surface area contributed by atoms with E-state index in [1.807, 2.05) is 18.2 Å². The Kier molecular flexibility index (Phi) is 5.60. The number of para-hydroxylation sites is 1. The number of ketones is 1. The number of aliphatic hydroxyl groups is 1. The van der Waals surface area contributed by atoms with Crippen molar-refractivity contribution in [1.29, 1.82) is 0 Å². The van der Waals surface area contributed by atoms with Crippen molar-refractivity contribution in [3.05, 3.63) is 64.1 Å². The molecule has 2 aromatic rings. The van der Waals surface area contributed by atoms with Gasteiger partial charge in [-0.15, -0.1) is 0 Å². The van der Waals surface area contributed by atoms with Crippen molar-refractivity contribution in [2.45, 2.75) is 31.8 Å². The van der Waals surface area contributed by atoms with Crippen LogP contribution in [0.3, 0.4) is 0 Å². The Morgan fingerprint density at radius 1 is 1.17 bits per heavy atom. The lowest BCUT2D eigenvalue weighted by atomic mass is 9.88. The van der Waals surface area contributed by atoms with Gasteiger partial charge in [0.2, 0.25) is 0 Å². The van der Waals surface area contributed by atoms with Gasteiger partial charge in [-0.2, -0.15) is 0 Å². The van der Waals surface area contributed by atoms with Gasteiger partial charge in [0.25, 0.3) is 5.91 Å². The maximum absolute atomic E-state index is 13.3. The highest BCUT2D eigenvalue weighted by atomic mass is 79.9. The molecule has 1 atom stereocenters. The molecule has 6 heteroatoms. The van der Waals surface area contributed by atoms with Crippen LogP contribution in [-0.2, 0) is 10.4 Å². The van der Waals surface area contributed by atoms with Crippen LogP contribution in [0.5, 0.6) is 0 Å². The van der Waals surface area contributed by atoms with E-state index in [2.05, 4.69) is 27.8 Å². The molecule has 5 nitrogen and oxygen atoms in total. The smallest absolute Gasteiger partial charge is 0.265 e.